The van der Waals surface area contributed by atoms with Gasteiger partial charge in [0.25, 0.3) is 0 Å². The van der Waals surface area contributed by atoms with Gasteiger partial charge in [0.05, 0.1) is 0 Å². The fourth-order valence-electron chi connectivity index (χ4n) is 2.52. The molecule has 19 heavy (non-hydrogen) atoms. The van der Waals surface area contributed by atoms with E-state index in [9.17, 15) is 4.79 Å². The molecule has 3 heteroatoms. The maximum atomic E-state index is 11.8. The van der Waals surface area contributed by atoms with Crippen LogP contribution in [0.5, 0.6) is 0 Å². The Morgan fingerprint density at radius 2 is 2.11 bits per heavy atom. The van der Waals surface area contributed by atoms with Crippen LogP contribution < -0.4 is 10.6 Å². The average Bonchev–Trinajstić information content (AvgIpc) is 2.43. The zero-order valence-corrected chi connectivity index (χ0v) is 11.7. The van der Waals surface area contributed by atoms with Crippen molar-refractivity contribution in [3.8, 4) is 0 Å². The highest BCUT2D eigenvalue weighted by atomic mass is 16.1. The lowest BCUT2D eigenvalue weighted by Crippen LogP contribution is -2.48. The molecule has 2 rings (SSSR count). The summed E-state index contributed by atoms with van der Waals surface area (Å²) in [6, 6.07) is 11.3. The zero-order chi connectivity index (χ0) is 13.5. The summed E-state index contributed by atoms with van der Waals surface area (Å²) in [5.41, 5.74) is 1.31. The van der Waals surface area contributed by atoms with Gasteiger partial charge in [-0.3, -0.25) is 4.79 Å². The van der Waals surface area contributed by atoms with E-state index in [1.165, 1.54) is 5.56 Å². The van der Waals surface area contributed by atoms with Crippen LogP contribution >= 0.6 is 0 Å². The van der Waals surface area contributed by atoms with Crippen molar-refractivity contribution in [3.63, 3.8) is 0 Å². The molecule has 2 N–H and O–H groups in total. The molecule has 1 aromatic rings. The number of nitrogens with one attached hydrogen (secondary N) is 2. The number of amides is 1. The summed E-state index contributed by atoms with van der Waals surface area (Å²) in [4.78, 5) is 11.8. The van der Waals surface area contributed by atoms with Gasteiger partial charge >= 0.3 is 0 Å². The smallest absolute Gasteiger partial charge is 0.220 e. The van der Waals surface area contributed by atoms with Crippen LogP contribution in [0, 0.1) is 0 Å². The first-order valence-electron chi connectivity index (χ1n) is 7.30. The van der Waals surface area contributed by atoms with Crippen molar-refractivity contribution in [1.29, 1.82) is 0 Å². The SMILES string of the molecule is CC1CCC(NC(=O)CCCc2ccccc2)CN1. The van der Waals surface area contributed by atoms with Crippen molar-refractivity contribution in [2.75, 3.05) is 6.54 Å². The Balaban J connectivity index is 1.62. The minimum atomic E-state index is 0.192. The monoisotopic (exact) mass is 260 g/mol. The number of benzene rings is 1. The maximum Gasteiger partial charge on any atom is 0.220 e. The van der Waals surface area contributed by atoms with E-state index in [1.807, 2.05) is 18.2 Å². The van der Waals surface area contributed by atoms with E-state index in [1.54, 1.807) is 0 Å². The summed E-state index contributed by atoms with van der Waals surface area (Å²) < 4.78 is 0. The zero-order valence-electron chi connectivity index (χ0n) is 11.7. The average molecular weight is 260 g/mol. The van der Waals surface area contributed by atoms with Crippen LogP contribution in [-0.2, 0) is 11.2 Å². The van der Waals surface area contributed by atoms with E-state index in [-0.39, 0.29) is 5.91 Å². The largest absolute Gasteiger partial charge is 0.352 e. The highest BCUT2D eigenvalue weighted by Crippen LogP contribution is 2.08. The summed E-state index contributed by atoms with van der Waals surface area (Å²) in [5, 5.41) is 6.53. The lowest BCUT2D eigenvalue weighted by molar-refractivity contribution is -0.122. The summed E-state index contributed by atoms with van der Waals surface area (Å²) in [6.07, 6.45) is 4.77. The normalized spacial score (nSPS) is 23.0. The third-order valence-corrected chi connectivity index (χ3v) is 3.74. The van der Waals surface area contributed by atoms with Gasteiger partial charge in [0.15, 0.2) is 0 Å². The van der Waals surface area contributed by atoms with Gasteiger partial charge in [-0.25, -0.2) is 0 Å². The first-order valence-corrected chi connectivity index (χ1v) is 7.30. The summed E-state index contributed by atoms with van der Waals surface area (Å²) in [5.74, 6) is 0.192. The van der Waals surface area contributed by atoms with Crippen LogP contribution in [0.3, 0.4) is 0 Å². The standard InChI is InChI=1S/C16H24N2O/c1-13-10-11-15(12-17-13)18-16(19)9-5-8-14-6-3-2-4-7-14/h2-4,6-7,13,15,17H,5,8-12H2,1H3,(H,18,19). The Morgan fingerprint density at radius 3 is 2.79 bits per heavy atom. The quantitative estimate of drug-likeness (QED) is 0.852. The molecule has 1 saturated heterocycles. The molecule has 2 unspecified atom stereocenters. The Labute approximate surface area is 115 Å². The number of hydrogen-bond donors (Lipinski definition) is 2. The molecule has 1 amide bonds. The Morgan fingerprint density at radius 1 is 1.32 bits per heavy atom. The van der Waals surface area contributed by atoms with E-state index in [4.69, 9.17) is 0 Å². The van der Waals surface area contributed by atoms with Gasteiger partial charge in [-0.15, -0.1) is 0 Å². The number of aryl methyl sites for hydroxylation is 1. The highest BCUT2D eigenvalue weighted by Gasteiger charge is 2.18. The molecular formula is C16H24N2O. The van der Waals surface area contributed by atoms with Crippen LogP contribution in [-0.4, -0.2) is 24.5 Å². The molecule has 1 aromatic carbocycles. The Kier molecular flexibility index (Phi) is 5.40. The minimum Gasteiger partial charge on any atom is -0.352 e. The third kappa shape index (κ3) is 5.03. The van der Waals surface area contributed by atoms with Crippen molar-refractivity contribution in [2.24, 2.45) is 0 Å². The number of carbonyl (C=O) groups is 1. The molecule has 0 aromatic heterocycles. The molecule has 1 aliphatic heterocycles. The van der Waals surface area contributed by atoms with Gasteiger partial charge in [-0.05, 0) is 38.2 Å². The van der Waals surface area contributed by atoms with Crippen LogP contribution in [0.4, 0.5) is 0 Å². The topological polar surface area (TPSA) is 41.1 Å². The fraction of sp³-hybridized carbons (Fsp3) is 0.562. The lowest BCUT2D eigenvalue weighted by Gasteiger charge is -2.28. The molecule has 0 bridgehead atoms. The first kappa shape index (κ1) is 14.1. The van der Waals surface area contributed by atoms with Crippen LogP contribution in [0.25, 0.3) is 0 Å². The molecule has 3 nitrogen and oxygen atoms in total. The van der Waals surface area contributed by atoms with Crippen LogP contribution in [0.2, 0.25) is 0 Å². The van der Waals surface area contributed by atoms with Crippen molar-refractivity contribution in [3.05, 3.63) is 35.9 Å². The van der Waals surface area contributed by atoms with Crippen LogP contribution in [0.15, 0.2) is 30.3 Å². The predicted octanol–water partition coefficient (Wildman–Crippen LogP) is 2.27. The van der Waals surface area contributed by atoms with Crippen molar-refractivity contribution >= 4 is 5.91 Å². The van der Waals surface area contributed by atoms with Gasteiger partial charge < -0.3 is 10.6 Å². The second-order valence-electron chi connectivity index (χ2n) is 5.49. The van der Waals surface area contributed by atoms with Gasteiger partial charge in [0, 0.05) is 25.0 Å². The van der Waals surface area contributed by atoms with Crippen molar-refractivity contribution in [2.45, 2.75) is 51.1 Å². The van der Waals surface area contributed by atoms with Crippen molar-refractivity contribution in [1.82, 2.24) is 10.6 Å². The first-order chi connectivity index (χ1) is 9.24. The Hall–Kier alpha value is -1.35. The van der Waals surface area contributed by atoms with E-state index in [2.05, 4.69) is 29.7 Å². The number of hydrogen-bond acceptors (Lipinski definition) is 2. The fourth-order valence-corrected chi connectivity index (χ4v) is 2.52. The molecule has 0 aliphatic carbocycles. The summed E-state index contributed by atoms with van der Waals surface area (Å²) in [6.45, 7) is 3.10. The lowest BCUT2D eigenvalue weighted by atomic mass is 10.0. The van der Waals surface area contributed by atoms with E-state index in [0.29, 0.717) is 18.5 Å². The molecule has 0 radical (unpaired) electrons. The molecule has 1 fully saturated rings. The second kappa shape index (κ2) is 7.29. The maximum absolute atomic E-state index is 11.8. The predicted molar refractivity (Wildman–Crippen MR) is 78.0 cm³/mol. The van der Waals surface area contributed by atoms with Gasteiger partial charge in [-0.1, -0.05) is 30.3 Å². The molecule has 104 valence electrons. The highest BCUT2D eigenvalue weighted by molar-refractivity contribution is 5.76. The van der Waals surface area contributed by atoms with E-state index < -0.39 is 0 Å². The van der Waals surface area contributed by atoms with Crippen molar-refractivity contribution < 1.29 is 4.79 Å². The summed E-state index contributed by atoms with van der Waals surface area (Å²) >= 11 is 0. The van der Waals surface area contributed by atoms with Gasteiger partial charge in [-0.2, -0.15) is 0 Å². The van der Waals surface area contributed by atoms with Crippen LogP contribution in [0.1, 0.15) is 38.2 Å². The molecule has 0 spiro atoms. The molecule has 1 aliphatic rings. The molecular weight excluding hydrogens is 236 g/mol. The van der Waals surface area contributed by atoms with E-state index in [0.717, 1.165) is 32.2 Å². The number of piperidine rings is 1. The third-order valence-electron chi connectivity index (χ3n) is 3.74. The summed E-state index contributed by atoms with van der Waals surface area (Å²) in [7, 11) is 0. The second-order valence-corrected chi connectivity index (χ2v) is 5.49. The number of rotatable bonds is 5. The number of carbonyl (C=O) groups excluding carboxylic acids is 1. The van der Waals surface area contributed by atoms with Gasteiger partial charge in [0.2, 0.25) is 5.91 Å². The molecule has 0 saturated carbocycles. The Bertz CT molecular complexity index is 383. The molecule has 1 heterocycles. The molecule has 2 atom stereocenters. The minimum absolute atomic E-state index is 0.192. The van der Waals surface area contributed by atoms with E-state index >= 15 is 0 Å². The van der Waals surface area contributed by atoms with Gasteiger partial charge in [0.1, 0.15) is 0 Å².